The summed E-state index contributed by atoms with van der Waals surface area (Å²) in [6.45, 7) is 6.27. The van der Waals surface area contributed by atoms with Gasteiger partial charge in [-0.2, -0.15) is 10.2 Å². The molecular formula is C22H23N5O2. The third kappa shape index (κ3) is 3.26. The summed E-state index contributed by atoms with van der Waals surface area (Å²) in [4.78, 5) is 15.6. The van der Waals surface area contributed by atoms with E-state index in [2.05, 4.69) is 45.2 Å². The highest BCUT2D eigenvalue weighted by atomic mass is 16.6. The molecule has 0 spiro atoms. The van der Waals surface area contributed by atoms with Crippen molar-refractivity contribution in [3.63, 3.8) is 0 Å². The Bertz CT molecular complexity index is 954. The highest BCUT2D eigenvalue weighted by Crippen LogP contribution is 2.41. The van der Waals surface area contributed by atoms with Gasteiger partial charge >= 0.3 is 0 Å². The summed E-state index contributed by atoms with van der Waals surface area (Å²) in [5.74, 6) is 0.384. The van der Waals surface area contributed by atoms with Crippen LogP contribution in [0.3, 0.4) is 0 Å². The molecule has 29 heavy (non-hydrogen) atoms. The van der Waals surface area contributed by atoms with Crippen LogP contribution in [0, 0.1) is 16.0 Å². The smallest absolute Gasteiger partial charge is 0.269 e. The Morgan fingerprint density at radius 3 is 2.28 bits per heavy atom. The van der Waals surface area contributed by atoms with Crippen molar-refractivity contribution in [3.8, 4) is 0 Å². The van der Waals surface area contributed by atoms with Crippen molar-refractivity contribution >= 4 is 17.6 Å². The number of hydrogen-bond acceptors (Lipinski definition) is 6. The second kappa shape index (κ2) is 7.17. The molecule has 4 heterocycles. The lowest BCUT2D eigenvalue weighted by molar-refractivity contribution is -0.384. The summed E-state index contributed by atoms with van der Waals surface area (Å²) < 4.78 is 0. The number of fused-ring (bicyclic) bond motifs is 1. The summed E-state index contributed by atoms with van der Waals surface area (Å²) >= 11 is 0. The van der Waals surface area contributed by atoms with Gasteiger partial charge in [-0.1, -0.05) is 30.3 Å². The molecule has 2 atom stereocenters. The summed E-state index contributed by atoms with van der Waals surface area (Å²) in [5, 5.41) is 20.0. The molecule has 0 amide bonds. The zero-order valence-corrected chi connectivity index (χ0v) is 16.1. The zero-order chi connectivity index (χ0) is 19.8. The minimum atomic E-state index is -0.396. The Morgan fingerprint density at radius 1 is 1.00 bits per heavy atom. The third-order valence-electron chi connectivity index (χ3n) is 6.36. The molecule has 0 N–H and O–H groups in total. The van der Waals surface area contributed by atoms with E-state index < -0.39 is 4.92 Å². The zero-order valence-electron chi connectivity index (χ0n) is 16.1. The Kier molecular flexibility index (Phi) is 4.49. The fraction of sp³-hybridized carbons (Fsp3) is 0.364. The van der Waals surface area contributed by atoms with Crippen LogP contribution >= 0.6 is 0 Å². The maximum atomic E-state index is 10.8. The number of piperidine rings is 2. The van der Waals surface area contributed by atoms with Gasteiger partial charge < -0.3 is 9.80 Å². The standard InChI is InChI=1S/C22H23N5O2/c28-27(29)20-8-6-17(7-9-20)12-23-24-21-18-13-25-10-11-26(14-18)16-22(21,15-25)19-4-2-1-3-5-19/h1-9,12,18H,10-11,13-16H2/b23-12-,24-21-. The van der Waals surface area contributed by atoms with E-state index in [1.807, 2.05) is 0 Å². The molecule has 6 rings (SSSR count). The average Bonchev–Trinajstić information content (AvgIpc) is 2.99. The van der Waals surface area contributed by atoms with Gasteiger partial charge in [0.1, 0.15) is 0 Å². The van der Waals surface area contributed by atoms with Gasteiger partial charge in [-0.3, -0.25) is 10.1 Å². The van der Waals surface area contributed by atoms with Crippen LogP contribution in [-0.4, -0.2) is 65.9 Å². The second-order valence-electron chi connectivity index (χ2n) is 8.19. The molecule has 7 nitrogen and oxygen atoms in total. The van der Waals surface area contributed by atoms with Gasteiger partial charge in [0.05, 0.1) is 22.3 Å². The van der Waals surface area contributed by atoms with E-state index in [1.165, 1.54) is 23.4 Å². The van der Waals surface area contributed by atoms with Crippen molar-refractivity contribution in [2.75, 3.05) is 39.3 Å². The molecule has 7 heteroatoms. The second-order valence-corrected chi connectivity index (χ2v) is 8.19. The molecular weight excluding hydrogens is 366 g/mol. The predicted octanol–water partition coefficient (Wildman–Crippen LogP) is 2.57. The highest BCUT2D eigenvalue weighted by molar-refractivity contribution is 5.99. The first-order chi connectivity index (χ1) is 14.1. The summed E-state index contributed by atoms with van der Waals surface area (Å²) in [7, 11) is 0. The first-order valence-electron chi connectivity index (χ1n) is 10.0. The first-order valence-corrected chi connectivity index (χ1v) is 10.0. The van der Waals surface area contributed by atoms with Crippen molar-refractivity contribution in [2.24, 2.45) is 16.1 Å². The maximum Gasteiger partial charge on any atom is 0.269 e. The van der Waals surface area contributed by atoms with Gasteiger partial charge in [0.25, 0.3) is 5.69 Å². The molecule has 4 saturated heterocycles. The molecule has 4 fully saturated rings. The molecule has 0 radical (unpaired) electrons. The number of hydrogen-bond donors (Lipinski definition) is 0. The summed E-state index contributed by atoms with van der Waals surface area (Å²) in [5.41, 5.74) is 3.26. The van der Waals surface area contributed by atoms with Crippen LogP contribution in [0.4, 0.5) is 5.69 Å². The molecule has 0 saturated carbocycles. The first kappa shape index (κ1) is 18.1. The molecule has 0 aliphatic carbocycles. The molecule has 4 aliphatic rings. The fourth-order valence-corrected chi connectivity index (χ4v) is 5.08. The van der Waals surface area contributed by atoms with E-state index in [9.17, 15) is 10.1 Å². The summed E-state index contributed by atoms with van der Waals surface area (Å²) in [6, 6.07) is 17.1. The van der Waals surface area contributed by atoms with Gasteiger partial charge in [0.15, 0.2) is 0 Å². The Morgan fingerprint density at radius 2 is 1.66 bits per heavy atom. The van der Waals surface area contributed by atoms with Crippen molar-refractivity contribution in [2.45, 2.75) is 5.41 Å². The molecule has 4 aliphatic heterocycles. The topological polar surface area (TPSA) is 74.3 Å². The lowest BCUT2D eigenvalue weighted by atomic mass is 9.66. The average molecular weight is 389 g/mol. The predicted molar refractivity (Wildman–Crippen MR) is 113 cm³/mol. The number of nitro groups is 1. The van der Waals surface area contributed by atoms with Gasteiger partial charge in [-0.05, 0) is 23.3 Å². The molecule has 2 aromatic carbocycles. The van der Waals surface area contributed by atoms with Gasteiger partial charge in [0.2, 0.25) is 0 Å². The molecule has 4 bridgehead atoms. The lowest BCUT2D eigenvalue weighted by Crippen LogP contribution is -2.63. The van der Waals surface area contributed by atoms with Crippen molar-refractivity contribution in [3.05, 3.63) is 75.8 Å². The maximum absolute atomic E-state index is 10.8. The molecule has 2 unspecified atom stereocenters. The van der Waals surface area contributed by atoms with Crippen LogP contribution in [0.1, 0.15) is 11.1 Å². The van der Waals surface area contributed by atoms with Crippen LogP contribution in [-0.2, 0) is 5.41 Å². The normalized spacial score (nSPS) is 32.0. The number of nitrogens with zero attached hydrogens (tertiary/aromatic N) is 5. The van der Waals surface area contributed by atoms with Crippen LogP contribution in [0.15, 0.2) is 64.8 Å². The van der Waals surface area contributed by atoms with Crippen LogP contribution in [0.25, 0.3) is 0 Å². The minimum absolute atomic E-state index is 0.0804. The van der Waals surface area contributed by atoms with Crippen LogP contribution in [0.5, 0.6) is 0 Å². The Balaban J connectivity index is 1.49. The van der Waals surface area contributed by atoms with E-state index in [4.69, 9.17) is 5.10 Å². The van der Waals surface area contributed by atoms with Gasteiger partial charge in [0, 0.05) is 57.3 Å². The van der Waals surface area contributed by atoms with E-state index in [0.29, 0.717) is 5.92 Å². The summed E-state index contributed by atoms with van der Waals surface area (Å²) in [6.07, 6.45) is 1.69. The number of rotatable bonds is 4. The monoisotopic (exact) mass is 389 g/mol. The number of benzene rings is 2. The van der Waals surface area contributed by atoms with Gasteiger partial charge in [-0.25, -0.2) is 0 Å². The van der Waals surface area contributed by atoms with E-state index in [-0.39, 0.29) is 11.1 Å². The lowest BCUT2D eigenvalue weighted by Gasteiger charge is -2.50. The third-order valence-corrected chi connectivity index (χ3v) is 6.36. The van der Waals surface area contributed by atoms with E-state index in [0.717, 1.165) is 44.8 Å². The fourth-order valence-electron chi connectivity index (χ4n) is 5.08. The molecule has 0 aromatic heterocycles. The molecule has 148 valence electrons. The largest absolute Gasteiger partial charge is 0.300 e. The van der Waals surface area contributed by atoms with Crippen molar-refractivity contribution in [1.82, 2.24) is 9.80 Å². The SMILES string of the molecule is O=[N+]([O-])c1ccc(/C=N\N=C2\C3CN4CCN(C3)CC2(c2ccccc2)C4)cc1. The molecule has 2 aromatic rings. The van der Waals surface area contributed by atoms with E-state index >= 15 is 0 Å². The minimum Gasteiger partial charge on any atom is -0.300 e. The van der Waals surface area contributed by atoms with Crippen molar-refractivity contribution < 1.29 is 4.92 Å². The van der Waals surface area contributed by atoms with Crippen LogP contribution in [0.2, 0.25) is 0 Å². The van der Waals surface area contributed by atoms with Crippen molar-refractivity contribution in [1.29, 1.82) is 0 Å². The Labute approximate surface area is 169 Å². The highest BCUT2D eigenvalue weighted by Gasteiger charge is 2.53. The Hall–Kier alpha value is -2.90. The number of nitro benzene ring substituents is 1. The van der Waals surface area contributed by atoms with Crippen LogP contribution < -0.4 is 0 Å². The number of non-ortho nitro benzene ring substituents is 1. The van der Waals surface area contributed by atoms with E-state index in [1.54, 1.807) is 18.3 Å². The quantitative estimate of drug-likeness (QED) is 0.458. The van der Waals surface area contributed by atoms with Gasteiger partial charge in [-0.15, -0.1) is 0 Å².